The Hall–Kier alpha value is -1.20. The molecular weight excluding hydrogens is 234 g/mol. The summed E-state index contributed by atoms with van der Waals surface area (Å²) in [5.41, 5.74) is 6.37. The first kappa shape index (κ1) is 12.3. The van der Waals surface area contributed by atoms with Crippen LogP contribution >= 0.6 is 11.8 Å². The lowest BCUT2D eigenvalue weighted by molar-refractivity contribution is 0.248. The maximum atomic E-state index is 10.5. The van der Waals surface area contributed by atoms with Gasteiger partial charge in [0.2, 0.25) is 0 Å². The highest BCUT2D eigenvalue weighted by Crippen LogP contribution is 2.35. The summed E-state index contributed by atoms with van der Waals surface area (Å²) in [5, 5.41) is 6.03. The fourth-order valence-electron chi connectivity index (χ4n) is 1.99. The van der Waals surface area contributed by atoms with Crippen molar-refractivity contribution < 1.29 is 4.79 Å². The first-order valence-electron chi connectivity index (χ1n) is 5.76. The quantitative estimate of drug-likeness (QED) is 0.710. The predicted molar refractivity (Wildman–Crippen MR) is 70.1 cm³/mol. The molecule has 5 heteroatoms. The number of carbonyl (C=O) groups excluding carboxylic acids is 1. The van der Waals surface area contributed by atoms with Crippen LogP contribution < -0.4 is 16.4 Å². The summed E-state index contributed by atoms with van der Waals surface area (Å²) in [6, 6.07) is 8.40. The Morgan fingerprint density at radius 2 is 2.24 bits per heavy atom. The van der Waals surface area contributed by atoms with Crippen molar-refractivity contribution in [1.82, 2.24) is 10.6 Å². The molecule has 1 aromatic carbocycles. The Kier molecular flexibility index (Phi) is 4.28. The minimum atomic E-state index is -0.466. The molecule has 2 rings (SSSR count). The van der Waals surface area contributed by atoms with Gasteiger partial charge >= 0.3 is 6.03 Å². The van der Waals surface area contributed by atoms with Crippen molar-refractivity contribution in [2.24, 2.45) is 5.73 Å². The van der Waals surface area contributed by atoms with Crippen LogP contribution in [0.25, 0.3) is 0 Å². The van der Waals surface area contributed by atoms with Gasteiger partial charge in [0.1, 0.15) is 0 Å². The van der Waals surface area contributed by atoms with Crippen LogP contribution in [0.5, 0.6) is 0 Å². The standard InChI is InChI=1S/C12H17N3OS/c13-12(16)15-7-6-14-10-5-8-17-11-4-2-1-3-9(10)11/h1-4,10,14H,5-8H2,(H3,13,15,16). The molecule has 0 spiro atoms. The summed E-state index contributed by atoms with van der Waals surface area (Å²) >= 11 is 1.91. The number of rotatable bonds is 4. The van der Waals surface area contributed by atoms with Gasteiger partial charge in [0.15, 0.2) is 0 Å². The third-order valence-electron chi connectivity index (χ3n) is 2.77. The molecule has 92 valence electrons. The van der Waals surface area contributed by atoms with E-state index in [1.807, 2.05) is 11.8 Å². The Labute approximate surface area is 105 Å². The lowest BCUT2D eigenvalue weighted by atomic mass is 10.0. The van der Waals surface area contributed by atoms with Crippen molar-refractivity contribution in [1.29, 1.82) is 0 Å². The van der Waals surface area contributed by atoms with Gasteiger partial charge in [0, 0.05) is 24.0 Å². The van der Waals surface area contributed by atoms with Crippen LogP contribution in [0, 0.1) is 0 Å². The first-order valence-corrected chi connectivity index (χ1v) is 6.74. The molecule has 0 aromatic heterocycles. The molecule has 0 saturated heterocycles. The highest BCUT2D eigenvalue weighted by atomic mass is 32.2. The van der Waals surface area contributed by atoms with E-state index in [-0.39, 0.29) is 0 Å². The zero-order valence-corrected chi connectivity index (χ0v) is 10.4. The number of carbonyl (C=O) groups is 1. The summed E-state index contributed by atoms with van der Waals surface area (Å²) in [7, 11) is 0. The van der Waals surface area contributed by atoms with E-state index in [1.54, 1.807) is 0 Å². The summed E-state index contributed by atoms with van der Waals surface area (Å²) in [6.45, 7) is 1.31. The normalized spacial score (nSPS) is 18.5. The Morgan fingerprint density at radius 3 is 3.06 bits per heavy atom. The van der Waals surface area contributed by atoms with Crippen LogP contribution in [-0.2, 0) is 0 Å². The summed E-state index contributed by atoms with van der Waals surface area (Å²) in [6.07, 6.45) is 1.12. The highest BCUT2D eigenvalue weighted by Gasteiger charge is 2.19. The number of thioether (sulfide) groups is 1. The van der Waals surface area contributed by atoms with Gasteiger partial charge in [-0.25, -0.2) is 4.79 Å². The van der Waals surface area contributed by atoms with Crippen LogP contribution in [-0.4, -0.2) is 24.9 Å². The average Bonchev–Trinajstić information content (AvgIpc) is 2.34. The number of amides is 2. The van der Waals surface area contributed by atoms with Crippen molar-refractivity contribution in [3.8, 4) is 0 Å². The number of urea groups is 1. The molecule has 1 aliphatic rings. The number of hydrogen-bond acceptors (Lipinski definition) is 3. The largest absolute Gasteiger partial charge is 0.352 e. The molecule has 0 saturated carbocycles. The van der Waals surface area contributed by atoms with E-state index < -0.39 is 6.03 Å². The number of hydrogen-bond donors (Lipinski definition) is 3. The zero-order chi connectivity index (χ0) is 12.1. The zero-order valence-electron chi connectivity index (χ0n) is 9.61. The number of nitrogens with two attached hydrogens (primary N) is 1. The van der Waals surface area contributed by atoms with Crippen LogP contribution in [0.3, 0.4) is 0 Å². The van der Waals surface area contributed by atoms with Gasteiger partial charge in [0.05, 0.1) is 0 Å². The van der Waals surface area contributed by atoms with Crippen LogP contribution in [0.2, 0.25) is 0 Å². The second-order valence-corrected chi connectivity index (χ2v) is 5.11. The Balaban J connectivity index is 1.88. The summed E-state index contributed by atoms with van der Waals surface area (Å²) < 4.78 is 0. The van der Waals surface area contributed by atoms with Gasteiger partial charge < -0.3 is 16.4 Å². The van der Waals surface area contributed by atoms with Gasteiger partial charge in [-0.2, -0.15) is 0 Å². The van der Waals surface area contributed by atoms with Crippen LogP contribution in [0.1, 0.15) is 18.0 Å². The molecule has 1 atom stereocenters. The van der Waals surface area contributed by atoms with Crippen molar-refractivity contribution in [3.05, 3.63) is 29.8 Å². The minimum absolute atomic E-state index is 0.391. The second kappa shape index (κ2) is 5.93. The highest BCUT2D eigenvalue weighted by molar-refractivity contribution is 7.99. The van der Waals surface area contributed by atoms with Crippen molar-refractivity contribution >= 4 is 17.8 Å². The topological polar surface area (TPSA) is 67.2 Å². The molecule has 0 fully saturated rings. The molecule has 1 heterocycles. The fraction of sp³-hybridized carbons (Fsp3) is 0.417. The SMILES string of the molecule is NC(=O)NCCNC1CCSc2ccccc21. The van der Waals surface area contributed by atoms with Crippen molar-refractivity contribution in [2.45, 2.75) is 17.4 Å². The number of primary amides is 1. The molecule has 0 aliphatic carbocycles. The van der Waals surface area contributed by atoms with Gasteiger partial charge in [-0.1, -0.05) is 18.2 Å². The molecule has 17 heavy (non-hydrogen) atoms. The predicted octanol–water partition coefficient (Wildman–Crippen LogP) is 1.48. The molecule has 4 nitrogen and oxygen atoms in total. The maximum absolute atomic E-state index is 10.5. The molecular formula is C12H17N3OS. The molecule has 1 unspecified atom stereocenters. The van der Waals surface area contributed by atoms with E-state index in [4.69, 9.17) is 5.73 Å². The fourth-order valence-corrected chi connectivity index (χ4v) is 3.11. The van der Waals surface area contributed by atoms with Crippen molar-refractivity contribution in [3.63, 3.8) is 0 Å². The van der Waals surface area contributed by atoms with Crippen LogP contribution in [0.15, 0.2) is 29.2 Å². The third-order valence-corrected chi connectivity index (χ3v) is 3.90. The summed E-state index contributed by atoms with van der Waals surface area (Å²) in [4.78, 5) is 11.9. The van der Waals surface area contributed by atoms with E-state index in [0.29, 0.717) is 12.6 Å². The minimum Gasteiger partial charge on any atom is -0.352 e. The van der Waals surface area contributed by atoms with E-state index in [1.165, 1.54) is 10.5 Å². The molecule has 0 bridgehead atoms. The average molecular weight is 251 g/mol. The van der Waals surface area contributed by atoms with Crippen molar-refractivity contribution in [2.75, 3.05) is 18.8 Å². The Morgan fingerprint density at radius 1 is 1.41 bits per heavy atom. The van der Waals surface area contributed by atoms with Gasteiger partial charge in [-0.3, -0.25) is 0 Å². The molecule has 1 aromatic rings. The smallest absolute Gasteiger partial charge is 0.312 e. The first-order chi connectivity index (χ1) is 8.27. The van der Waals surface area contributed by atoms with Gasteiger partial charge in [-0.05, 0) is 23.8 Å². The van der Waals surface area contributed by atoms with E-state index in [0.717, 1.165) is 18.7 Å². The second-order valence-electron chi connectivity index (χ2n) is 3.97. The monoisotopic (exact) mass is 251 g/mol. The molecule has 1 aliphatic heterocycles. The number of fused-ring (bicyclic) bond motifs is 1. The molecule has 2 amide bonds. The lowest BCUT2D eigenvalue weighted by Crippen LogP contribution is -2.37. The Bertz CT molecular complexity index is 397. The molecule has 0 radical (unpaired) electrons. The lowest BCUT2D eigenvalue weighted by Gasteiger charge is -2.26. The van der Waals surface area contributed by atoms with Crippen LogP contribution in [0.4, 0.5) is 4.79 Å². The number of benzene rings is 1. The van der Waals surface area contributed by atoms with Gasteiger partial charge in [0.25, 0.3) is 0 Å². The number of nitrogens with one attached hydrogen (secondary N) is 2. The van der Waals surface area contributed by atoms with E-state index >= 15 is 0 Å². The maximum Gasteiger partial charge on any atom is 0.312 e. The van der Waals surface area contributed by atoms with Gasteiger partial charge in [-0.15, -0.1) is 11.8 Å². The molecule has 4 N–H and O–H groups in total. The van der Waals surface area contributed by atoms with E-state index in [2.05, 4.69) is 34.9 Å². The third kappa shape index (κ3) is 3.38. The van der Waals surface area contributed by atoms with E-state index in [9.17, 15) is 4.79 Å². The summed E-state index contributed by atoms with van der Waals surface area (Å²) in [5.74, 6) is 1.14.